The predicted octanol–water partition coefficient (Wildman–Crippen LogP) is 2.81. The SMILES string of the molecule is COC(=O)C(C)(C)CNC(=O)C1CCN(c2ncc(C(=O)Oc3ccc(C(=N)N)cc3)s2)CC1.O=C(O)C(F)(F)F. The first-order chi connectivity index (χ1) is 19.0. The largest absolute Gasteiger partial charge is 0.490 e. The number of nitrogens with two attached hydrogens (primary N) is 1. The molecule has 0 atom stereocenters. The number of amides is 1. The van der Waals surface area contributed by atoms with E-state index in [9.17, 15) is 27.6 Å². The summed E-state index contributed by atoms with van der Waals surface area (Å²) in [5, 5.41) is 18.1. The van der Waals surface area contributed by atoms with Crippen LogP contribution in [-0.4, -0.2) is 72.7 Å². The average Bonchev–Trinajstić information content (AvgIpc) is 3.42. The summed E-state index contributed by atoms with van der Waals surface area (Å²) >= 11 is 1.24. The van der Waals surface area contributed by atoms with Gasteiger partial charge in [-0.3, -0.25) is 15.0 Å². The molecule has 0 radical (unpaired) electrons. The molecule has 2 heterocycles. The molecule has 0 bridgehead atoms. The lowest BCUT2D eigenvalue weighted by atomic mass is 9.92. The van der Waals surface area contributed by atoms with Crippen molar-refractivity contribution in [1.82, 2.24) is 10.3 Å². The van der Waals surface area contributed by atoms with Crippen LogP contribution in [0.25, 0.3) is 0 Å². The fourth-order valence-corrected chi connectivity index (χ4v) is 4.34. The number of halogens is 3. The van der Waals surface area contributed by atoms with E-state index in [0.717, 1.165) is 0 Å². The highest BCUT2D eigenvalue weighted by molar-refractivity contribution is 7.17. The third kappa shape index (κ3) is 9.73. The van der Waals surface area contributed by atoms with Gasteiger partial charge in [0.1, 0.15) is 16.5 Å². The van der Waals surface area contributed by atoms with Crippen molar-refractivity contribution in [3.05, 3.63) is 40.9 Å². The van der Waals surface area contributed by atoms with Crippen molar-refractivity contribution in [1.29, 1.82) is 5.41 Å². The number of piperidine rings is 1. The van der Waals surface area contributed by atoms with Crippen molar-refractivity contribution in [3.8, 4) is 5.75 Å². The molecule has 0 aliphatic carbocycles. The quantitative estimate of drug-likeness (QED) is 0.152. The van der Waals surface area contributed by atoms with Crippen LogP contribution in [0.2, 0.25) is 0 Å². The number of aliphatic carboxylic acids is 1. The number of carboxylic acid groups (broad SMARTS) is 1. The number of nitrogens with zero attached hydrogens (tertiary/aromatic N) is 2. The van der Waals surface area contributed by atoms with Crippen molar-refractivity contribution in [2.45, 2.75) is 32.9 Å². The molecule has 1 aliphatic heterocycles. The van der Waals surface area contributed by atoms with E-state index in [-0.39, 0.29) is 30.2 Å². The molecule has 1 aromatic heterocycles. The average molecular weight is 602 g/mol. The van der Waals surface area contributed by atoms with E-state index in [2.05, 4.69) is 10.3 Å². The van der Waals surface area contributed by atoms with Crippen LogP contribution in [0.3, 0.4) is 0 Å². The zero-order valence-corrected chi connectivity index (χ0v) is 23.2. The monoisotopic (exact) mass is 601 g/mol. The Morgan fingerprint density at radius 1 is 1.17 bits per heavy atom. The first-order valence-corrected chi connectivity index (χ1v) is 12.9. The molecule has 0 unspecified atom stereocenters. The molecular formula is C25H30F3N5O7S. The van der Waals surface area contributed by atoms with Crippen LogP contribution in [0.4, 0.5) is 18.3 Å². The maximum atomic E-state index is 12.5. The molecule has 1 aliphatic rings. The number of alkyl halides is 3. The highest BCUT2D eigenvalue weighted by Gasteiger charge is 2.38. The Kier molecular flexibility index (Phi) is 11.2. The molecule has 0 saturated carbocycles. The Labute approximate surface area is 237 Å². The van der Waals surface area contributed by atoms with Crippen LogP contribution >= 0.6 is 11.3 Å². The molecule has 1 saturated heterocycles. The summed E-state index contributed by atoms with van der Waals surface area (Å²) in [5.41, 5.74) is 5.19. The summed E-state index contributed by atoms with van der Waals surface area (Å²) in [6.45, 7) is 4.94. The number of carboxylic acids is 1. The Morgan fingerprint density at radius 3 is 2.22 bits per heavy atom. The van der Waals surface area contributed by atoms with Crippen LogP contribution in [0.15, 0.2) is 30.5 Å². The van der Waals surface area contributed by atoms with Crippen LogP contribution in [0.1, 0.15) is 41.9 Å². The van der Waals surface area contributed by atoms with E-state index in [1.807, 2.05) is 4.90 Å². The first-order valence-electron chi connectivity index (χ1n) is 12.1. The van der Waals surface area contributed by atoms with E-state index in [1.54, 1.807) is 38.1 Å². The molecule has 16 heteroatoms. The third-order valence-electron chi connectivity index (χ3n) is 5.89. The molecule has 2 aromatic rings. The second-order valence-corrected chi connectivity index (χ2v) is 10.5. The minimum absolute atomic E-state index is 0.0590. The molecular weight excluding hydrogens is 571 g/mol. The number of nitrogen functional groups attached to an aromatic ring is 1. The highest BCUT2D eigenvalue weighted by Crippen LogP contribution is 2.28. The Morgan fingerprint density at radius 2 is 1.73 bits per heavy atom. The lowest BCUT2D eigenvalue weighted by molar-refractivity contribution is -0.192. The number of aromatic nitrogens is 1. The van der Waals surface area contributed by atoms with Gasteiger partial charge in [0.05, 0.1) is 18.7 Å². The smallest absolute Gasteiger partial charge is 0.475 e. The summed E-state index contributed by atoms with van der Waals surface area (Å²) in [5.74, 6) is -3.56. The van der Waals surface area contributed by atoms with Gasteiger partial charge in [0, 0.05) is 31.1 Å². The second kappa shape index (κ2) is 13.9. The molecule has 0 spiro atoms. The van der Waals surface area contributed by atoms with Crippen molar-refractivity contribution in [2.24, 2.45) is 17.1 Å². The number of benzene rings is 1. The first kappa shape index (κ1) is 33.0. The number of rotatable bonds is 8. The highest BCUT2D eigenvalue weighted by atomic mass is 32.1. The number of amidine groups is 1. The number of carbonyl (C=O) groups is 4. The number of thiazole rings is 1. The van der Waals surface area contributed by atoms with Gasteiger partial charge in [0.25, 0.3) is 0 Å². The van der Waals surface area contributed by atoms with E-state index >= 15 is 0 Å². The molecule has 1 fully saturated rings. The predicted molar refractivity (Wildman–Crippen MR) is 142 cm³/mol. The zero-order chi connectivity index (χ0) is 31.0. The van der Waals surface area contributed by atoms with E-state index in [1.165, 1.54) is 24.6 Å². The van der Waals surface area contributed by atoms with E-state index in [0.29, 0.717) is 47.3 Å². The maximum absolute atomic E-state index is 12.5. The molecule has 224 valence electrons. The van der Waals surface area contributed by atoms with Gasteiger partial charge in [0.15, 0.2) is 5.13 Å². The second-order valence-electron chi connectivity index (χ2n) is 9.49. The number of anilines is 1. The molecule has 3 rings (SSSR count). The molecule has 1 aromatic carbocycles. The molecule has 41 heavy (non-hydrogen) atoms. The van der Waals surface area contributed by atoms with Crippen LogP contribution in [0, 0.1) is 16.7 Å². The minimum atomic E-state index is -5.08. The van der Waals surface area contributed by atoms with Crippen molar-refractivity contribution in [3.63, 3.8) is 0 Å². The van der Waals surface area contributed by atoms with E-state index < -0.39 is 23.5 Å². The van der Waals surface area contributed by atoms with Gasteiger partial charge in [-0.05, 0) is 51.0 Å². The lowest BCUT2D eigenvalue weighted by Gasteiger charge is -2.31. The summed E-state index contributed by atoms with van der Waals surface area (Å²) in [7, 11) is 1.33. The number of hydrogen-bond acceptors (Lipinski definition) is 10. The fraction of sp³-hybridized carbons (Fsp3) is 0.440. The normalized spacial score (nSPS) is 13.9. The van der Waals surface area contributed by atoms with Gasteiger partial charge in [-0.2, -0.15) is 13.2 Å². The van der Waals surface area contributed by atoms with Crippen molar-refractivity contribution >= 4 is 46.1 Å². The number of esters is 2. The Balaban J connectivity index is 0.000000745. The summed E-state index contributed by atoms with van der Waals surface area (Å²) in [6.07, 6.45) is -2.31. The topological polar surface area (TPSA) is 185 Å². The van der Waals surface area contributed by atoms with Gasteiger partial charge < -0.3 is 30.5 Å². The number of hydrogen-bond donors (Lipinski definition) is 4. The summed E-state index contributed by atoms with van der Waals surface area (Å²) in [6, 6.07) is 6.39. The zero-order valence-electron chi connectivity index (χ0n) is 22.4. The summed E-state index contributed by atoms with van der Waals surface area (Å²) < 4.78 is 41.9. The number of nitrogens with one attached hydrogen (secondary N) is 2. The fourth-order valence-electron chi connectivity index (χ4n) is 3.50. The van der Waals surface area contributed by atoms with Crippen LogP contribution in [0.5, 0.6) is 5.75 Å². The van der Waals surface area contributed by atoms with Crippen LogP contribution in [-0.2, 0) is 19.1 Å². The van der Waals surface area contributed by atoms with Crippen LogP contribution < -0.4 is 20.7 Å². The minimum Gasteiger partial charge on any atom is -0.475 e. The maximum Gasteiger partial charge on any atom is 0.490 e. The molecule has 5 N–H and O–H groups in total. The molecule has 12 nitrogen and oxygen atoms in total. The van der Waals surface area contributed by atoms with Gasteiger partial charge in [0.2, 0.25) is 5.91 Å². The standard InChI is InChI=1S/C23H29N5O5S.C2HF3O2/c1-23(2,21(31)32-3)13-27-19(29)15-8-10-28(11-9-15)22-26-12-17(34-22)20(30)33-16-6-4-14(5-7-16)18(24)25;3-2(4,5)1(6)7/h4-7,12,15H,8-11,13H2,1-3H3,(H3,24,25)(H,27,29);(H,6,7). The van der Waals surface area contributed by atoms with Crippen molar-refractivity contribution < 1.29 is 46.9 Å². The van der Waals surface area contributed by atoms with Gasteiger partial charge in [-0.1, -0.05) is 11.3 Å². The number of carbonyl (C=O) groups excluding carboxylic acids is 3. The van der Waals surface area contributed by atoms with Gasteiger partial charge >= 0.3 is 24.1 Å². The summed E-state index contributed by atoms with van der Waals surface area (Å²) in [4.78, 5) is 52.5. The van der Waals surface area contributed by atoms with Gasteiger partial charge in [-0.15, -0.1) is 0 Å². The molecule has 1 amide bonds. The Hall–Kier alpha value is -4.21. The number of ether oxygens (including phenoxy) is 2. The van der Waals surface area contributed by atoms with Gasteiger partial charge in [-0.25, -0.2) is 14.6 Å². The van der Waals surface area contributed by atoms with Crippen molar-refractivity contribution in [2.75, 3.05) is 31.6 Å². The third-order valence-corrected chi connectivity index (χ3v) is 6.93. The Bertz CT molecular complexity index is 1260. The number of methoxy groups -OCH3 is 1. The lowest BCUT2D eigenvalue weighted by Crippen LogP contribution is -2.45. The van der Waals surface area contributed by atoms with E-state index in [4.69, 9.17) is 30.5 Å².